The quantitative estimate of drug-likeness (QED) is 0.703. The van der Waals surface area contributed by atoms with Crippen LogP contribution in [0, 0.1) is 0 Å². The Morgan fingerprint density at radius 3 is 3.15 bits per heavy atom. The Bertz CT molecular complexity index is 318. The minimum Gasteiger partial charge on any atom is -0.493 e. The van der Waals surface area contributed by atoms with E-state index >= 15 is 0 Å². The molecule has 1 heterocycles. The van der Waals surface area contributed by atoms with Crippen LogP contribution in [0.25, 0.3) is 0 Å². The highest BCUT2D eigenvalue weighted by molar-refractivity contribution is 6.64. The first kappa shape index (κ1) is 8.87. The van der Waals surface area contributed by atoms with Gasteiger partial charge < -0.3 is 14.0 Å². The summed E-state index contributed by atoms with van der Waals surface area (Å²) in [5.41, 5.74) is 1.67. The van der Waals surface area contributed by atoms with Crippen molar-refractivity contribution in [1.82, 2.24) is 0 Å². The average Bonchev–Trinajstić information content (AvgIpc) is 2.63. The molecule has 1 N–H and O–H groups in total. The van der Waals surface area contributed by atoms with Crippen LogP contribution in [-0.2, 0) is 10.6 Å². The van der Waals surface area contributed by atoms with Gasteiger partial charge in [-0.3, -0.25) is 0 Å². The monoisotopic (exact) mass is 198 g/mol. The van der Waals surface area contributed by atoms with Gasteiger partial charge in [0.1, 0.15) is 5.75 Å². The van der Waals surface area contributed by atoms with Crippen LogP contribution >= 0.6 is 11.9 Å². The van der Waals surface area contributed by atoms with Gasteiger partial charge in [-0.1, -0.05) is 12.1 Å². The lowest BCUT2D eigenvalue weighted by Gasteiger charge is -2.06. The van der Waals surface area contributed by atoms with Crippen LogP contribution in [0.15, 0.2) is 18.2 Å². The van der Waals surface area contributed by atoms with Crippen molar-refractivity contribution < 1.29 is 14.0 Å². The lowest BCUT2D eigenvalue weighted by Crippen LogP contribution is -2.33. The van der Waals surface area contributed by atoms with E-state index in [0.717, 1.165) is 17.7 Å². The van der Waals surface area contributed by atoms with Gasteiger partial charge in [-0.2, -0.15) is 0 Å². The summed E-state index contributed by atoms with van der Waals surface area (Å²) in [6.45, 7) is 0.654. The Morgan fingerprint density at radius 1 is 1.54 bits per heavy atom. The van der Waals surface area contributed by atoms with Gasteiger partial charge in [-0.15, -0.1) is 0 Å². The van der Waals surface area contributed by atoms with E-state index in [1.165, 1.54) is 0 Å². The lowest BCUT2D eigenvalue weighted by atomic mass is 9.76. The van der Waals surface area contributed by atoms with Crippen LogP contribution in [0.2, 0.25) is 0 Å². The first-order valence-electron chi connectivity index (χ1n) is 4.03. The number of hydrogen-bond donors (Lipinski definition) is 1. The van der Waals surface area contributed by atoms with Crippen LogP contribution in [0.3, 0.4) is 0 Å². The second-order valence-corrected chi connectivity index (χ2v) is 3.04. The normalized spacial score (nSPS) is 13.7. The van der Waals surface area contributed by atoms with Crippen LogP contribution in [-0.4, -0.2) is 18.7 Å². The van der Waals surface area contributed by atoms with Gasteiger partial charge in [0.05, 0.1) is 6.61 Å². The van der Waals surface area contributed by atoms with E-state index in [-0.39, 0.29) is 0 Å². The summed E-state index contributed by atoms with van der Waals surface area (Å²) >= 11 is 5.10. The molecule has 1 aliphatic rings. The molecule has 0 saturated carbocycles. The second-order valence-electron chi connectivity index (χ2n) is 2.86. The van der Waals surface area contributed by atoms with E-state index in [1.54, 1.807) is 12.1 Å². The molecule has 2 rings (SSSR count). The van der Waals surface area contributed by atoms with Gasteiger partial charge in [0.2, 0.25) is 0 Å². The third kappa shape index (κ3) is 1.53. The third-order valence-electron chi connectivity index (χ3n) is 2.13. The molecule has 68 valence electrons. The number of rotatable bonds is 2. The van der Waals surface area contributed by atoms with Gasteiger partial charge in [0, 0.05) is 18.3 Å². The van der Waals surface area contributed by atoms with Crippen LogP contribution in [0.1, 0.15) is 5.56 Å². The highest BCUT2D eigenvalue weighted by Crippen LogP contribution is 2.22. The molecule has 13 heavy (non-hydrogen) atoms. The molecule has 5 heteroatoms. The maximum absolute atomic E-state index is 9.38. The maximum atomic E-state index is 9.38. The number of hydrogen-bond acceptors (Lipinski definition) is 3. The van der Waals surface area contributed by atoms with Gasteiger partial charge in [0.25, 0.3) is 0 Å². The Kier molecular flexibility index (Phi) is 2.44. The molecule has 0 bridgehead atoms. The fraction of sp³-hybridized carbons (Fsp3) is 0.250. The molecule has 0 spiro atoms. The summed E-state index contributed by atoms with van der Waals surface area (Å²) in [4.78, 5) is 0. The summed E-state index contributed by atoms with van der Waals surface area (Å²) < 4.78 is 9.66. The Balaban J connectivity index is 2.41. The van der Waals surface area contributed by atoms with Crippen LogP contribution in [0.5, 0.6) is 5.75 Å². The molecular weight excluding hydrogens is 190 g/mol. The molecule has 3 nitrogen and oxygen atoms in total. The SMILES string of the molecule is OB(OCl)c1cccc2c1CCO2. The van der Waals surface area contributed by atoms with Crippen molar-refractivity contribution in [3.63, 3.8) is 0 Å². The molecule has 1 aromatic carbocycles. The smallest absolute Gasteiger partial charge is 0.493 e. The fourth-order valence-corrected chi connectivity index (χ4v) is 1.62. The second kappa shape index (κ2) is 3.58. The lowest BCUT2D eigenvalue weighted by molar-refractivity contribution is 0.357. The molecular formula is C8H8BClO3. The van der Waals surface area contributed by atoms with Crippen molar-refractivity contribution in [2.45, 2.75) is 6.42 Å². The predicted octanol–water partition coefficient (Wildman–Crippen LogP) is 0.479. The highest BCUT2D eigenvalue weighted by atomic mass is 35.5. The molecule has 0 atom stereocenters. The van der Waals surface area contributed by atoms with Crippen molar-refractivity contribution in [2.24, 2.45) is 0 Å². The molecule has 0 amide bonds. The Morgan fingerprint density at radius 2 is 2.38 bits per heavy atom. The first-order valence-corrected chi connectivity index (χ1v) is 4.34. The summed E-state index contributed by atoms with van der Waals surface area (Å²) in [6, 6.07) is 5.45. The maximum Gasteiger partial charge on any atom is 0.508 e. The zero-order chi connectivity index (χ0) is 9.26. The van der Waals surface area contributed by atoms with Crippen molar-refractivity contribution in [3.8, 4) is 5.75 Å². The van der Waals surface area contributed by atoms with Crippen LogP contribution in [0.4, 0.5) is 0 Å². The minimum absolute atomic E-state index is 0.654. The van der Waals surface area contributed by atoms with Crippen molar-refractivity contribution in [2.75, 3.05) is 6.61 Å². The molecule has 0 aromatic heterocycles. The van der Waals surface area contributed by atoms with E-state index in [4.69, 9.17) is 16.6 Å². The largest absolute Gasteiger partial charge is 0.508 e. The van der Waals surface area contributed by atoms with Crippen molar-refractivity contribution in [1.29, 1.82) is 0 Å². The fourth-order valence-electron chi connectivity index (χ4n) is 1.53. The van der Waals surface area contributed by atoms with Crippen molar-refractivity contribution in [3.05, 3.63) is 23.8 Å². The van der Waals surface area contributed by atoms with Crippen LogP contribution < -0.4 is 10.2 Å². The summed E-state index contributed by atoms with van der Waals surface area (Å²) in [5.74, 6) is 0.810. The average molecular weight is 198 g/mol. The van der Waals surface area contributed by atoms with E-state index in [9.17, 15) is 5.02 Å². The van der Waals surface area contributed by atoms with Gasteiger partial charge >= 0.3 is 7.12 Å². The summed E-state index contributed by atoms with van der Waals surface area (Å²) in [6.07, 6.45) is 0.794. The zero-order valence-corrected chi connectivity index (χ0v) is 7.62. The summed E-state index contributed by atoms with van der Waals surface area (Å²) in [5, 5.41) is 9.38. The Labute approximate surface area is 81.5 Å². The number of fused-ring (bicyclic) bond motifs is 1. The van der Waals surface area contributed by atoms with E-state index in [1.807, 2.05) is 6.07 Å². The highest BCUT2D eigenvalue weighted by Gasteiger charge is 2.24. The van der Waals surface area contributed by atoms with Gasteiger partial charge in [0.15, 0.2) is 0 Å². The molecule has 0 aliphatic carbocycles. The van der Waals surface area contributed by atoms with Crippen molar-refractivity contribution >= 4 is 24.4 Å². The Hall–Kier alpha value is -0.705. The van der Waals surface area contributed by atoms with E-state index < -0.39 is 7.12 Å². The minimum atomic E-state index is -1.07. The molecule has 0 radical (unpaired) electrons. The molecule has 1 aromatic rings. The van der Waals surface area contributed by atoms with E-state index in [0.29, 0.717) is 12.1 Å². The number of halogens is 1. The number of ether oxygens (including phenoxy) is 1. The molecule has 1 aliphatic heterocycles. The molecule has 0 unspecified atom stereocenters. The van der Waals surface area contributed by atoms with Gasteiger partial charge in [-0.05, 0) is 17.1 Å². The molecule has 0 saturated heterocycles. The standard InChI is InChI=1S/C8H8BClO3/c10-13-9(11)7-2-1-3-8-6(7)4-5-12-8/h1-3,11H,4-5H2. The van der Waals surface area contributed by atoms with Gasteiger partial charge in [-0.25, -0.2) is 0 Å². The first-order chi connectivity index (χ1) is 6.33. The number of benzene rings is 1. The zero-order valence-electron chi connectivity index (χ0n) is 6.87. The van der Waals surface area contributed by atoms with E-state index in [2.05, 4.69) is 4.21 Å². The topological polar surface area (TPSA) is 38.7 Å². The molecule has 0 fully saturated rings. The predicted molar refractivity (Wildman–Crippen MR) is 50.2 cm³/mol. The summed E-state index contributed by atoms with van der Waals surface area (Å²) in [7, 11) is -1.07. The third-order valence-corrected chi connectivity index (χ3v) is 2.30.